The number of nitrogens with one attached hydrogen (secondary N) is 1. The average Bonchev–Trinajstić information content (AvgIpc) is 3.32. The zero-order valence-corrected chi connectivity index (χ0v) is 41.4. The van der Waals surface area contributed by atoms with Crippen LogP contribution in [0, 0.1) is 0 Å². The summed E-state index contributed by atoms with van der Waals surface area (Å²) in [7, 11) is 0. The van der Waals surface area contributed by atoms with E-state index in [9.17, 15) is 45.6 Å². The van der Waals surface area contributed by atoms with Crippen LogP contribution in [0.1, 0.15) is 187 Å². The van der Waals surface area contributed by atoms with Crippen LogP contribution in [0.5, 0.6) is 0 Å². The Balaban J connectivity index is 1.84. The van der Waals surface area contributed by atoms with Gasteiger partial charge in [0.2, 0.25) is 5.91 Å². The van der Waals surface area contributed by atoms with Gasteiger partial charge in [0.25, 0.3) is 0 Å². The first-order chi connectivity index (χ1) is 32.6. The minimum absolute atomic E-state index is 0.258. The van der Waals surface area contributed by atoms with E-state index in [4.69, 9.17) is 18.9 Å². The van der Waals surface area contributed by atoms with E-state index in [0.29, 0.717) is 12.8 Å². The van der Waals surface area contributed by atoms with E-state index < -0.39 is 86.8 Å². The Kier molecular flexibility index (Phi) is 36.1. The van der Waals surface area contributed by atoms with E-state index >= 15 is 0 Å². The number of aliphatic hydroxyl groups excluding tert-OH is 8. The molecule has 67 heavy (non-hydrogen) atoms. The molecule has 2 saturated heterocycles. The molecule has 2 aliphatic rings. The predicted octanol–water partition coefficient (Wildman–Crippen LogP) is 7.27. The molecule has 9 N–H and O–H groups in total. The molecule has 12 atom stereocenters. The van der Waals surface area contributed by atoms with Crippen LogP contribution >= 0.6 is 0 Å². The van der Waals surface area contributed by atoms with Gasteiger partial charge in [-0.2, -0.15) is 0 Å². The SMILES string of the molecule is CCCCCC/C=C/CC/C=C/CC/C=C/C(O)C(COC1OC(CO)C(OC2OC(CO)C(O)C(O)C2O)C(O)C1O)NC(=O)CCCCCCCCCCC/C=C\CCCCCCCC. The van der Waals surface area contributed by atoms with Crippen LogP contribution in [0.2, 0.25) is 0 Å². The first-order valence-electron chi connectivity index (χ1n) is 26.4. The molecule has 0 radical (unpaired) electrons. The molecule has 14 heteroatoms. The number of carbonyl (C=O) groups excluding carboxylic acids is 1. The van der Waals surface area contributed by atoms with Gasteiger partial charge in [-0.3, -0.25) is 4.79 Å². The van der Waals surface area contributed by atoms with Crippen LogP contribution in [0.4, 0.5) is 0 Å². The Bertz CT molecular complexity index is 1310. The van der Waals surface area contributed by atoms with Gasteiger partial charge >= 0.3 is 0 Å². The molecule has 0 aromatic rings. The third-order valence-corrected chi connectivity index (χ3v) is 12.7. The van der Waals surface area contributed by atoms with Crippen LogP contribution in [-0.2, 0) is 23.7 Å². The third-order valence-electron chi connectivity index (χ3n) is 12.7. The largest absolute Gasteiger partial charge is 0.394 e. The van der Waals surface area contributed by atoms with Crippen molar-refractivity contribution in [2.24, 2.45) is 0 Å². The highest BCUT2D eigenvalue weighted by molar-refractivity contribution is 5.76. The highest BCUT2D eigenvalue weighted by atomic mass is 16.7. The Labute approximate surface area is 403 Å². The summed E-state index contributed by atoms with van der Waals surface area (Å²) >= 11 is 0. The predicted molar refractivity (Wildman–Crippen MR) is 263 cm³/mol. The normalized spacial score (nSPS) is 27.0. The maximum atomic E-state index is 13.2. The smallest absolute Gasteiger partial charge is 0.220 e. The summed E-state index contributed by atoms with van der Waals surface area (Å²) in [5, 5.41) is 86.7. The molecule has 0 aliphatic carbocycles. The number of allylic oxidation sites excluding steroid dienone is 7. The second-order valence-corrected chi connectivity index (χ2v) is 18.6. The molecule has 0 aromatic heterocycles. The fraction of sp³-hybridized carbons (Fsp3) is 0.830. The molecule has 14 nitrogen and oxygen atoms in total. The Morgan fingerprint density at radius 3 is 1.48 bits per heavy atom. The van der Waals surface area contributed by atoms with Crippen molar-refractivity contribution in [2.75, 3.05) is 19.8 Å². The van der Waals surface area contributed by atoms with Gasteiger partial charge in [-0.15, -0.1) is 0 Å². The summed E-state index contributed by atoms with van der Waals surface area (Å²) in [5.74, 6) is -0.258. The van der Waals surface area contributed by atoms with Crippen molar-refractivity contribution in [1.29, 1.82) is 0 Å². The van der Waals surface area contributed by atoms with Crippen molar-refractivity contribution in [1.82, 2.24) is 5.32 Å². The minimum atomic E-state index is -1.79. The minimum Gasteiger partial charge on any atom is -0.394 e. The van der Waals surface area contributed by atoms with Crippen LogP contribution in [-0.4, -0.2) is 140 Å². The lowest BCUT2D eigenvalue weighted by Gasteiger charge is -2.46. The van der Waals surface area contributed by atoms with Crippen molar-refractivity contribution < 1.29 is 64.6 Å². The molecular weight excluding hydrogens is 859 g/mol. The van der Waals surface area contributed by atoms with Crippen molar-refractivity contribution in [3.05, 3.63) is 48.6 Å². The van der Waals surface area contributed by atoms with Gasteiger partial charge < -0.3 is 65.1 Å². The molecule has 0 saturated carbocycles. The van der Waals surface area contributed by atoms with Crippen LogP contribution < -0.4 is 5.32 Å². The monoisotopic (exact) mass is 954 g/mol. The number of carbonyl (C=O) groups is 1. The Morgan fingerprint density at radius 1 is 0.522 bits per heavy atom. The van der Waals surface area contributed by atoms with Crippen LogP contribution in [0.25, 0.3) is 0 Å². The van der Waals surface area contributed by atoms with Crippen molar-refractivity contribution in [3.8, 4) is 0 Å². The zero-order valence-electron chi connectivity index (χ0n) is 41.4. The van der Waals surface area contributed by atoms with E-state index in [-0.39, 0.29) is 18.9 Å². The molecule has 2 aliphatic heterocycles. The van der Waals surface area contributed by atoms with Gasteiger partial charge in [0.15, 0.2) is 12.6 Å². The van der Waals surface area contributed by atoms with Crippen molar-refractivity contribution in [3.63, 3.8) is 0 Å². The number of hydrogen-bond acceptors (Lipinski definition) is 13. The highest BCUT2D eigenvalue weighted by Crippen LogP contribution is 2.30. The fourth-order valence-corrected chi connectivity index (χ4v) is 8.37. The number of hydrogen-bond donors (Lipinski definition) is 9. The van der Waals surface area contributed by atoms with E-state index in [0.717, 1.165) is 44.9 Å². The van der Waals surface area contributed by atoms with Gasteiger partial charge in [-0.25, -0.2) is 0 Å². The number of aliphatic hydroxyl groups is 8. The van der Waals surface area contributed by atoms with E-state index in [1.54, 1.807) is 6.08 Å². The zero-order chi connectivity index (χ0) is 48.9. The Morgan fingerprint density at radius 2 is 0.955 bits per heavy atom. The molecule has 12 unspecified atom stereocenters. The Hall–Kier alpha value is -2.05. The van der Waals surface area contributed by atoms with Crippen molar-refractivity contribution >= 4 is 5.91 Å². The topological polar surface area (TPSA) is 228 Å². The van der Waals surface area contributed by atoms with Gasteiger partial charge in [0, 0.05) is 6.42 Å². The van der Waals surface area contributed by atoms with Gasteiger partial charge in [0.05, 0.1) is 32.0 Å². The summed E-state index contributed by atoms with van der Waals surface area (Å²) in [4.78, 5) is 13.2. The summed E-state index contributed by atoms with van der Waals surface area (Å²) in [6.45, 7) is 2.72. The molecule has 390 valence electrons. The number of ether oxygens (including phenoxy) is 4. The fourth-order valence-electron chi connectivity index (χ4n) is 8.37. The average molecular weight is 954 g/mol. The molecule has 2 fully saturated rings. The lowest BCUT2D eigenvalue weighted by atomic mass is 9.97. The highest BCUT2D eigenvalue weighted by Gasteiger charge is 2.51. The molecule has 1 amide bonds. The maximum absolute atomic E-state index is 13.2. The standard InChI is InChI=1S/C53H95NO13/c1-3-5-7-9-11-13-15-17-19-20-21-22-23-25-27-29-31-33-35-37-45(58)54-41(42(57)36-34-32-30-28-26-24-18-16-14-12-10-8-6-4-2)40-64-52-50(63)48(61)51(44(39-56)66-52)67-53-49(62)47(60)46(59)43(38-55)65-53/h14,16-17,19,26,28,34,36,41-44,46-53,55-57,59-63H,3-13,15,18,20-25,27,29-33,35,37-40H2,1-2H3,(H,54,58)/b16-14+,19-17-,28-26+,36-34+. The summed E-state index contributed by atoms with van der Waals surface area (Å²) in [6.07, 6.45) is 30.1. The quantitative estimate of drug-likeness (QED) is 0.0218. The van der Waals surface area contributed by atoms with Crippen LogP contribution in [0.3, 0.4) is 0 Å². The van der Waals surface area contributed by atoms with Gasteiger partial charge in [-0.05, 0) is 70.6 Å². The molecule has 2 rings (SSSR count). The lowest BCUT2D eigenvalue weighted by molar-refractivity contribution is -0.359. The molecule has 0 spiro atoms. The first kappa shape index (κ1) is 61.1. The van der Waals surface area contributed by atoms with E-state index in [1.807, 2.05) is 6.08 Å². The second-order valence-electron chi connectivity index (χ2n) is 18.6. The summed E-state index contributed by atoms with van der Waals surface area (Å²) < 4.78 is 22.7. The first-order valence-corrected chi connectivity index (χ1v) is 26.4. The van der Waals surface area contributed by atoms with Gasteiger partial charge in [0.1, 0.15) is 48.8 Å². The number of rotatable bonds is 40. The molecule has 0 aromatic carbocycles. The molecule has 2 heterocycles. The third kappa shape index (κ3) is 26.7. The van der Waals surface area contributed by atoms with Crippen molar-refractivity contribution in [2.45, 2.75) is 261 Å². The van der Waals surface area contributed by atoms with E-state index in [2.05, 4.69) is 55.6 Å². The van der Waals surface area contributed by atoms with Crippen LogP contribution in [0.15, 0.2) is 48.6 Å². The summed E-state index contributed by atoms with van der Waals surface area (Å²) in [6, 6.07) is -0.938. The number of unbranched alkanes of at least 4 members (excludes halogenated alkanes) is 21. The van der Waals surface area contributed by atoms with E-state index in [1.165, 1.54) is 109 Å². The summed E-state index contributed by atoms with van der Waals surface area (Å²) in [5.41, 5.74) is 0. The second kappa shape index (κ2) is 39.6. The number of amides is 1. The van der Waals surface area contributed by atoms with Gasteiger partial charge in [-0.1, -0.05) is 159 Å². The maximum Gasteiger partial charge on any atom is 0.220 e. The molecule has 0 bridgehead atoms. The molecular formula is C53H95NO13. The lowest BCUT2D eigenvalue weighted by Crippen LogP contribution is -2.65.